The molecule has 0 bridgehead atoms. The molecule has 8 atom stereocenters. The number of phosphoric acid groups is 1. The third-order valence-electron chi connectivity index (χ3n) is 9.81. The molecule has 352 valence electrons. The zero-order valence-corrected chi connectivity index (χ0v) is 38.0. The summed E-state index contributed by atoms with van der Waals surface area (Å²) < 4.78 is 32.6. The summed E-state index contributed by atoms with van der Waals surface area (Å²) in [6.07, 6.45) is 39.1. The third-order valence-corrected chi connectivity index (χ3v) is 10.8. The van der Waals surface area contributed by atoms with Crippen molar-refractivity contribution in [2.45, 2.75) is 154 Å². The molecule has 14 heteroatoms. The molecular formula is C48H77O13P. The van der Waals surface area contributed by atoms with Gasteiger partial charge in [0.25, 0.3) is 0 Å². The fourth-order valence-corrected chi connectivity index (χ4v) is 7.10. The Kier molecular flexibility index (Phi) is 34.0. The lowest BCUT2D eigenvalue weighted by Gasteiger charge is -2.20. The Hall–Kier alpha value is -3.23. The number of aliphatic hydroxyl groups excluding tert-OH is 5. The van der Waals surface area contributed by atoms with E-state index in [1.54, 1.807) is 6.08 Å². The van der Waals surface area contributed by atoms with Crippen molar-refractivity contribution < 1.29 is 63.1 Å². The number of hydrogen-bond donors (Lipinski definition) is 6. The van der Waals surface area contributed by atoms with E-state index in [2.05, 4.69) is 73.1 Å². The monoisotopic (exact) mass is 893 g/mol. The van der Waals surface area contributed by atoms with Crippen LogP contribution in [0, 0.1) is 11.8 Å². The highest BCUT2D eigenvalue weighted by Crippen LogP contribution is 2.43. The number of unbranched alkanes of at least 4 members (excludes halogenated alkanes) is 3. The van der Waals surface area contributed by atoms with Crippen LogP contribution in [-0.4, -0.2) is 99.3 Å². The van der Waals surface area contributed by atoms with Gasteiger partial charge < -0.3 is 39.9 Å². The molecule has 1 rings (SSSR count). The summed E-state index contributed by atoms with van der Waals surface area (Å²) in [6, 6.07) is 0. The molecule has 6 N–H and O–H groups in total. The molecule has 62 heavy (non-hydrogen) atoms. The maximum atomic E-state index is 12.7. The molecule has 0 saturated heterocycles. The molecule has 0 amide bonds. The first kappa shape index (κ1) is 56.8. The first-order chi connectivity index (χ1) is 29.9. The number of rotatable bonds is 36. The van der Waals surface area contributed by atoms with Crippen LogP contribution in [0.2, 0.25) is 0 Å². The summed E-state index contributed by atoms with van der Waals surface area (Å²) in [7, 11) is -4.71. The first-order valence-electron chi connectivity index (χ1n) is 22.5. The number of carbonyl (C=O) groups is 2. The standard InChI is InChI=1S/C48H77O13P/c1-3-5-7-8-9-10-11-12-13-14-15-16-17-18-19-20-21-22-27-31-47(54)58-38-42(39-60-62(56,57)59-37-41(51)36-49)61-48(55)32-28-24-23-26-30-43-44(46(53)35-45(43)52)34-33-40(50)29-25-6-4-2/h5,7,9-10,12-13,15-16,18-19,21-23,26,33-34,40-46,49-53H,3-4,6,8,11,14,17,20,24-25,27-32,35-39H2,1-2H3,(H,56,57)/b7-5-,10-9-,13-12-,16-15-,19-18-,22-21-,26-23+,34-33+/t40-,41-,42+,43+,44+,45-,46+/m0/s1. The van der Waals surface area contributed by atoms with Gasteiger partial charge in [-0.1, -0.05) is 130 Å². The average molecular weight is 893 g/mol. The van der Waals surface area contributed by atoms with Crippen LogP contribution in [-0.2, 0) is 32.7 Å². The summed E-state index contributed by atoms with van der Waals surface area (Å²) in [5, 5.41) is 49.7. The van der Waals surface area contributed by atoms with Crippen LogP contribution in [0.1, 0.15) is 123 Å². The fourth-order valence-electron chi connectivity index (χ4n) is 6.31. The minimum absolute atomic E-state index is 0.0144. The highest BCUT2D eigenvalue weighted by Gasteiger charge is 2.39. The lowest BCUT2D eigenvalue weighted by Crippen LogP contribution is -2.29. The number of phosphoric ester groups is 1. The lowest BCUT2D eigenvalue weighted by molar-refractivity contribution is -0.161. The van der Waals surface area contributed by atoms with E-state index in [-0.39, 0.29) is 31.1 Å². The quantitative estimate of drug-likeness (QED) is 0.0151. The van der Waals surface area contributed by atoms with Gasteiger partial charge in [-0.2, -0.15) is 0 Å². The van der Waals surface area contributed by atoms with Crippen molar-refractivity contribution in [3.63, 3.8) is 0 Å². The van der Waals surface area contributed by atoms with Crippen molar-refractivity contribution >= 4 is 19.8 Å². The lowest BCUT2D eigenvalue weighted by atomic mass is 9.89. The number of allylic oxidation sites excluding steroid dienone is 14. The topological polar surface area (TPSA) is 210 Å². The van der Waals surface area contributed by atoms with Crippen molar-refractivity contribution in [2.75, 3.05) is 26.4 Å². The Balaban J connectivity index is 2.52. The molecule has 0 aromatic carbocycles. The normalized spacial score (nSPS) is 21.2. The van der Waals surface area contributed by atoms with E-state index in [1.807, 2.05) is 36.5 Å². The molecule has 0 heterocycles. The molecule has 1 aliphatic carbocycles. The summed E-state index contributed by atoms with van der Waals surface area (Å²) in [5.74, 6) is -1.71. The minimum atomic E-state index is -4.71. The maximum Gasteiger partial charge on any atom is 0.472 e. The Morgan fingerprint density at radius 1 is 0.694 bits per heavy atom. The minimum Gasteiger partial charge on any atom is -0.462 e. The summed E-state index contributed by atoms with van der Waals surface area (Å²) >= 11 is 0. The van der Waals surface area contributed by atoms with Gasteiger partial charge in [-0.05, 0) is 76.5 Å². The van der Waals surface area contributed by atoms with Gasteiger partial charge in [0, 0.05) is 25.2 Å². The fraction of sp³-hybridized carbons (Fsp3) is 0.625. The number of ether oxygens (including phenoxy) is 2. The zero-order valence-electron chi connectivity index (χ0n) is 37.1. The van der Waals surface area contributed by atoms with Crippen molar-refractivity contribution in [2.24, 2.45) is 11.8 Å². The van der Waals surface area contributed by atoms with E-state index in [0.29, 0.717) is 38.5 Å². The second kappa shape index (κ2) is 37.2. The van der Waals surface area contributed by atoms with Gasteiger partial charge in [-0.3, -0.25) is 18.6 Å². The van der Waals surface area contributed by atoms with Crippen molar-refractivity contribution in [3.8, 4) is 0 Å². The van der Waals surface area contributed by atoms with Crippen LogP contribution in [0.25, 0.3) is 0 Å². The summed E-state index contributed by atoms with van der Waals surface area (Å²) in [4.78, 5) is 35.2. The molecule has 0 spiro atoms. The number of aliphatic hydroxyl groups is 5. The Bertz CT molecular complexity index is 1470. The molecule has 0 aromatic heterocycles. The van der Waals surface area contributed by atoms with Gasteiger partial charge in [0.15, 0.2) is 6.10 Å². The largest absolute Gasteiger partial charge is 0.472 e. The zero-order chi connectivity index (χ0) is 45.7. The first-order valence-corrected chi connectivity index (χ1v) is 23.9. The smallest absolute Gasteiger partial charge is 0.462 e. The molecule has 1 unspecified atom stereocenters. The van der Waals surface area contributed by atoms with Crippen LogP contribution in [0.5, 0.6) is 0 Å². The van der Waals surface area contributed by atoms with Crippen LogP contribution < -0.4 is 0 Å². The Labute approximate surface area is 370 Å². The predicted molar refractivity (Wildman–Crippen MR) is 244 cm³/mol. The highest BCUT2D eigenvalue weighted by atomic mass is 31.2. The molecule has 0 aromatic rings. The second-order valence-electron chi connectivity index (χ2n) is 15.3. The molecule has 1 saturated carbocycles. The number of hydrogen-bond acceptors (Lipinski definition) is 12. The van der Waals surface area contributed by atoms with Crippen LogP contribution in [0.4, 0.5) is 0 Å². The Morgan fingerprint density at radius 2 is 1.27 bits per heavy atom. The predicted octanol–water partition coefficient (Wildman–Crippen LogP) is 8.38. The van der Waals surface area contributed by atoms with Gasteiger partial charge in [0.05, 0.1) is 38.1 Å². The van der Waals surface area contributed by atoms with Crippen molar-refractivity contribution in [3.05, 3.63) is 97.2 Å². The van der Waals surface area contributed by atoms with E-state index < -0.39 is 76.7 Å². The van der Waals surface area contributed by atoms with Gasteiger partial charge in [-0.25, -0.2) is 4.57 Å². The van der Waals surface area contributed by atoms with Gasteiger partial charge in [0.1, 0.15) is 12.7 Å². The third kappa shape index (κ3) is 30.8. The van der Waals surface area contributed by atoms with Crippen LogP contribution in [0.15, 0.2) is 97.2 Å². The summed E-state index contributed by atoms with van der Waals surface area (Å²) in [5.41, 5.74) is 0. The van der Waals surface area contributed by atoms with E-state index >= 15 is 0 Å². The Morgan fingerprint density at radius 3 is 1.87 bits per heavy atom. The van der Waals surface area contributed by atoms with E-state index in [4.69, 9.17) is 19.1 Å². The average Bonchev–Trinajstić information content (AvgIpc) is 3.52. The number of esters is 2. The van der Waals surface area contributed by atoms with Crippen molar-refractivity contribution in [1.29, 1.82) is 0 Å². The van der Waals surface area contributed by atoms with E-state index in [0.717, 1.165) is 51.4 Å². The van der Waals surface area contributed by atoms with Gasteiger partial charge >= 0.3 is 19.8 Å². The van der Waals surface area contributed by atoms with Crippen LogP contribution >= 0.6 is 7.82 Å². The molecular weight excluding hydrogens is 815 g/mol. The number of carbonyl (C=O) groups excluding carboxylic acids is 2. The molecule has 1 fully saturated rings. The van der Waals surface area contributed by atoms with E-state index in [1.165, 1.54) is 0 Å². The molecule has 0 aliphatic heterocycles. The van der Waals surface area contributed by atoms with Gasteiger partial charge in [-0.15, -0.1) is 0 Å². The second-order valence-corrected chi connectivity index (χ2v) is 16.8. The SMILES string of the molecule is CC/C=C\C/C=C\C/C=C\C/C=C\C/C=C\C/C=C\CCC(=O)OC[C@H](COP(=O)(O)OC[C@@H](O)CO)OC(=O)CCC/C=C/C[C@@H]1[C@@H](/C=C/[C@@H](O)CCCCC)[C@H](O)C[C@@H]1O. The maximum absolute atomic E-state index is 12.7. The van der Waals surface area contributed by atoms with Crippen molar-refractivity contribution in [1.82, 2.24) is 0 Å². The molecule has 1 aliphatic rings. The summed E-state index contributed by atoms with van der Waals surface area (Å²) in [6.45, 7) is 1.77. The van der Waals surface area contributed by atoms with Gasteiger partial charge in [0.2, 0.25) is 0 Å². The molecule has 13 nitrogen and oxygen atoms in total. The van der Waals surface area contributed by atoms with E-state index in [9.17, 15) is 39.5 Å². The molecule has 0 radical (unpaired) electrons. The van der Waals surface area contributed by atoms with Crippen LogP contribution in [0.3, 0.4) is 0 Å². The highest BCUT2D eigenvalue weighted by molar-refractivity contribution is 7.47.